The average Bonchev–Trinajstić information content (AvgIpc) is 3.64. The summed E-state index contributed by atoms with van der Waals surface area (Å²) in [5.41, 5.74) is 6.77. The first-order valence-electron chi connectivity index (χ1n) is 16.0. The Labute approximate surface area is 248 Å². The summed E-state index contributed by atoms with van der Waals surface area (Å²) in [6.45, 7) is 0. The van der Waals surface area contributed by atoms with E-state index in [0.717, 1.165) is 58.7 Å². The fraction of sp³-hybridized carbons (Fsp3) is 0.568. The molecule has 11 rings (SSSR count). The third-order valence-electron chi connectivity index (χ3n) is 12.0. The largest absolute Gasteiger partial charge is 0.748 e. The van der Waals surface area contributed by atoms with Gasteiger partial charge in [-0.15, -0.1) is 49.4 Å². The third kappa shape index (κ3) is 5.20. The molecule has 8 bridgehead atoms. The van der Waals surface area contributed by atoms with E-state index in [1.165, 1.54) is 17.3 Å². The van der Waals surface area contributed by atoms with Gasteiger partial charge < -0.3 is 30.3 Å². The zero-order valence-corrected chi connectivity index (χ0v) is 25.4. The molecule has 8 aliphatic carbocycles. The van der Waals surface area contributed by atoms with E-state index in [0.29, 0.717) is 0 Å². The Hall–Kier alpha value is -1.13. The van der Waals surface area contributed by atoms with Crippen LogP contribution in [0.5, 0.6) is 0 Å². The maximum absolute atomic E-state index is 2.58. The zero-order valence-electron chi connectivity index (χ0n) is 23.4. The SMILES string of the molecule is [Fe].[cH-]1[cH-][cH-][cH-][cH-]1.c1ccc(-[c-]2ccc(CP(C3C4CC5CC(C4)CC3C5)C3C4CC5CC(C4)CC3C5)c2)cc1. The molecule has 3 aromatic carbocycles. The molecule has 0 spiro atoms. The van der Waals surface area contributed by atoms with Crippen LogP contribution in [0.15, 0.2) is 78.9 Å². The summed E-state index contributed by atoms with van der Waals surface area (Å²) in [6, 6.07) is 28.6. The van der Waals surface area contributed by atoms with Crippen molar-refractivity contribution >= 4 is 7.92 Å². The Bertz CT molecular complexity index is 1080. The summed E-state index contributed by atoms with van der Waals surface area (Å²) in [7, 11) is 0.108. The molecule has 0 amide bonds. The van der Waals surface area contributed by atoms with Gasteiger partial charge in [0, 0.05) is 17.1 Å². The summed E-state index contributed by atoms with van der Waals surface area (Å²) in [4.78, 5) is 0. The first-order chi connectivity index (χ1) is 18.8. The van der Waals surface area contributed by atoms with Gasteiger partial charge in [0.05, 0.1) is 0 Å². The Balaban J connectivity index is 0.000000383. The minimum absolute atomic E-state index is 0. The molecule has 8 fully saturated rings. The Morgan fingerprint density at radius 3 is 1.46 bits per heavy atom. The minimum atomic E-state index is 0. The molecule has 39 heavy (non-hydrogen) atoms. The van der Waals surface area contributed by atoms with Gasteiger partial charge in [0.1, 0.15) is 0 Å². The number of benzene rings is 1. The van der Waals surface area contributed by atoms with E-state index in [2.05, 4.69) is 48.5 Å². The van der Waals surface area contributed by atoms with Crippen LogP contribution in [0, 0.1) is 47.3 Å². The Morgan fingerprint density at radius 1 is 0.590 bits per heavy atom. The fourth-order valence-electron chi connectivity index (χ4n) is 11.2. The monoisotopic (exact) mass is 576 g/mol. The van der Waals surface area contributed by atoms with Crippen molar-refractivity contribution in [2.45, 2.75) is 81.7 Å². The van der Waals surface area contributed by atoms with Crippen LogP contribution in [-0.2, 0) is 23.2 Å². The third-order valence-corrected chi connectivity index (χ3v) is 15.9. The van der Waals surface area contributed by atoms with Crippen molar-refractivity contribution in [1.29, 1.82) is 0 Å². The molecular formula is C37H45FeP-6. The van der Waals surface area contributed by atoms with Crippen LogP contribution in [0.4, 0.5) is 0 Å². The van der Waals surface area contributed by atoms with Gasteiger partial charge in [0.25, 0.3) is 0 Å². The van der Waals surface area contributed by atoms with Crippen molar-refractivity contribution in [3.05, 3.63) is 84.4 Å². The molecule has 3 aromatic rings. The smallest absolute Gasteiger partial charge is 0 e. The van der Waals surface area contributed by atoms with E-state index in [-0.39, 0.29) is 25.0 Å². The molecule has 0 heterocycles. The average molecular weight is 577 g/mol. The second-order valence-corrected chi connectivity index (χ2v) is 16.9. The molecule has 0 nitrogen and oxygen atoms in total. The predicted octanol–water partition coefficient (Wildman–Crippen LogP) is 10.1. The Kier molecular flexibility index (Phi) is 7.73. The molecule has 8 saturated carbocycles. The molecule has 0 atom stereocenters. The second-order valence-electron chi connectivity index (χ2n) is 14.4. The number of hydrogen-bond acceptors (Lipinski definition) is 0. The van der Waals surface area contributed by atoms with E-state index in [4.69, 9.17) is 0 Å². The first kappa shape index (κ1) is 26.7. The van der Waals surface area contributed by atoms with Crippen LogP contribution >= 0.6 is 7.92 Å². The molecule has 0 radical (unpaired) electrons. The van der Waals surface area contributed by atoms with Crippen LogP contribution in [0.25, 0.3) is 11.1 Å². The molecule has 212 valence electrons. The number of rotatable bonds is 5. The first-order valence-corrected chi connectivity index (χ1v) is 17.7. The van der Waals surface area contributed by atoms with E-state index >= 15 is 0 Å². The normalized spacial score (nSPS) is 39.6. The summed E-state index contributed by atoms with van der Waals surface area (Å²) in [5.74, 6) is 8.87. The number of hydrogen-bond donors (Lipinski definition) is 0. The molecule has 0 aromatic heterocycles. The van der Waals surface area contributed by atoms with Crippen LogP contribution in [0.2, 0.25) is 0 Å². The summed E-state index contributed by atoms with van der Waals surface area (Å²) < 4.78 is 0. The van der Waals surface area contributed by atoms with E-state index < -0.39 is 0 Å². The van der Waals surface area contributed by atoms with Gasteiger partial charge in [-0.2, -0.15) is 0 Å². The minimum Gasteiger partial charge on any atom is -0.748 e. The van der Waals surface area contributed by atoms with E-state index in [1.807, 2.05) is 30.3 Å². The van der Waals surface area contributed by atoms with Crippen LogP contribution in [0.3, 0.4) is 0 Å². The zero-order chi connectivity index (χ0) is 25.1. The van der Waals surface area contributed by atoms with Gasteiger partial charge in [0.2, 0.25) is 0 Å². The van der Waals surface area contributed by atoms with Gasteiger partial charge in [0.15, 0.2) is 0 Å². The fourth-order valence-corrected chi connectivity index (χ4v) is 15.8. The molecule has 2 heteroatoms. The summed E-state index contributed by atoms with van der Waals surface area (Å²) in [5, 5.41) is 0. The molecule has 0 unspecified atom stereocenters. The molecule has 0 aliphatic heterocycles. The van der Waals surface area contributed by atoms with Crippen molar-refractivity contribution in [3.8, 4) is 11.1 Å². The molecular weight excluding hydrogens is 531 g/mol. The summed E-state index contributed by atoms with van der Waals surface area (Å²) >= 11 is 0. The Morgan fingerprint density at radius 2 is 1.03 bits per heavy atom. The van der Waals surface area contributed by atoms with Gasteiger partial charge in [-0.25, -0.2) is 0 Å². The quantitative estimate of drug-likeness (QED) is 0.161. The summed E-state index contributed by atoms with van der Waals surface area (Å²) in [6.07, 6.45) is 17.5. The van der Waals surface area contributed by atoms with Crippen LogP contribution < -0.4 is 0 Å². The van der Waals surface area contributed by atoms with Gasteiger partial charge >= 0.3 is 0 Å². The molecule has 0 N–H and O–H groups in total. The second kappa shape index (κ2) is 11.3. The van der Waals surface area contributed by atoms with E-state index in [1.54, 1.807) is 69.8 Å². The standard InChI is InChI=1S/C32H40P.C5H5.Fe/c1-2-4-25(5-3-1)26-7-6-20(10-26)19-33(31-27-11-21-8-22(13-27)14-28(31)12-21)32-29-15-23-9-24(17-29)18-30(32)16-23;1-2-4-5-3-1;/h1-7,10,21-24,27-32H,8-9,11-19H2;1-5H;/q-1;-5;. The van der Waals surface area contributed by atoms with Gasteiger partial charge in [-0.1, -0.05) is 23.8 Å². The van der Waals surface area contributed by atoms with Gasteiger partial charge in [-0.05, 0) is 129 Å². The molecule has 8 aliphatic rings. The predicted molar refractivity (Wildman–Crippen MR) is 162 cm³/mol. The van der Waals surface area contributed by atoms with Crippen LogP contribution in [-0.4, -0.2) is 11.3 Å². The molecule has 0 saturated heterocycles. The van der Waals surface area contributed by atoms with E-state index in [9.17, 15) is 0 Å². The van der Waals surface area contributed by atoms with Crippen LogP contribution in [0.1, 0.15) is 69.8 Å². The van der Waals surface area contributed by atoms with Crippen molar-refractivity contribution in [3.63, 3.8) is 0 Å². The maximum Gasteiger partial charge on any atom is 0 e. The topological polar surface area (TPSA) is 0 Å². The van der Waals surface area contributed by atoms with Crippen molar-refractivity contribution in [2.24, 2.45) is 47.3 Å². The van der Waals surface area contributed by atoms with Crippen molar-refractivity contribution in [2.75, 3.05) is 0 Å². The van der Waals surface area contributed by atoms with Gasteiger partial charge in [-0.3, -0.25) is 0 Å². The maximum atomic E-state index is 2.58. The van der Waals surface area contributed by atoms with Crippen molar-refractivity contribution < 1.29 is 17.1 Å². The van der Waals surface area contributed by atoms with Crippen molar-refractivity contribution in [1.82, 2.24) is 0 Å².